The van der Waals surface area contributed by atoms with Gasteiger partial charge in [0, 0.05) is 26.1 Å². The van der Waals surface area contributed by atoms with Crippen molar-refractivity contribution in [1.29, 1.82) is 0 Å². The van der Waals surface area contributed by atoms with E-state index in [0.29, 0.717) is 69.9 Å². The molecule has 0 saturated carbocycles. The molecule has 5 rings (SSSR count). The number of nitrogens with zero attached hydrogens (tertiary/aromatic N) is 2. The van der Waals surface area contributed by atoms with E-state index in [-0.39, 0.29) is 121 Å². The van der Waals surface area contributed by atoms with Crippen molar-refractivity contribution in [3.05, 3.63) is 35.9 Å². The molecule has 4 aliphatic heterocycles. The number of nitrogens with two attached hydrogens (primary N) is 4. The van der Waals surface area contributed by atoms with Crippen molar-refractivity contribution in [2.24, 2.45) is 40.7 Å². The van der Waals surface area contributed by atoms with Crippen LogP contribution in [-0.4, -0.2) is 272 Å². The van der Waals surface area contributed by atoms with Gasteiger partial charge >= 0.3 is 0 Å². The standard InChI is InChI=1S/C77H131N15O20/c1-9-44(6)61(68(81)101)90-71(104)49(25-13-17-31-78)86-73(106)54(39-47-23-11-10-12-24-47)87-70(103)48(85-72(105)53(38-43(4)5)89-75(108)56-30-22-36-92(56)77(110)51(28-15-19-33-80)84-60(94)41-58-65(98)67(100)63(96)46(8)112-58)26-16-20-34-82-69(102)52(37-42(2)3)88-74(107)55-29-21-35-91(55)76(109)50(27-14-18-32-79)83-59(93)40-57-64(97)66(99)62(95)45(7)111-57/h10-12,23-24,42-46,48-58,61-67,95-100H,9,13-22,25-41,78-80H2,1-8H3,(H2,81,101)(H,82,102)(H,83,93)(H,84,94)(H,85,105)(H,86,106)(H,87,103)(H,88,107)(H,89,108)(H,90,104)/t44-,45-,46-,48-,49-,50-,51-,52-,53-,54-,55-,56-,57-,58-,61-,62+,63+,64+,65+,66+,67+/m0/s1. The third-order valence-electron chi connectivity index (χ3n) is 21.4. The van der Waals surface area contributed by atoms with Crippen LogP contribution >= 0.6 is 0 Å². The van der Waals surface area contributed by atoms with Crippen LogP contribution < -0.4 is 70.8 Å². The number of hydrogen-bond acceptors (Lipinski definition) is 23. The Balaban J connectivity index is 1.39. The van der Waals surface area contributed by atoms with Crippen molar-refractivity contribution < 1.29 is 97.6 Å². The largest absolute Gasteiger partial charge is 0.388 e. The Hall–Kier alpha value is -7.58. The highest BCUT2D eigenvalue weighted by atomic mass is 16.5. The summed E-state index contributed by atoms with van der Waals surface area (Å²) in [5, 5.41) is 87.8. The van der Waals surface area contributed by atoms with Gasteiger partial charge in [-0.3, -0.25) is 57.5 Å². The van der Waals surface area contributed by atoms with E-state index in [1.54, 1.807) is 51.1 Å². The molecule has 1 aromatic rings. The van der Waals surface area contributed by atoms with E-state index in [0.717, 1.165) is 0 Å². The highest BCUT2D eigenvalue weighted by Gasteiger charge is 2.47. The summed E-state index contributed by atoms with van der Waals surface area (Å²) in [4.78, 5) is 174. The summed E-state index contributed by atoms with van der Waals surface area (Å²) in [6.07, 6.45) is -9.43. The Morgan fingerprint density at radius 2 is 0.848 bits per heavy atom. The molecular formula is C77H131N15O20. The molecule has 4 saturated heterocycles. The van der Waals surface area contributed by atoms with E-state index >= 15 is 9.59 Å². The second-order valence-electron chi connectivity index (χ2n) is 31.4. The third-order valence-corrected chi connectivity index (χ3v) is 21.4. The van der Waals surface area contributed by atoms with Crippen molar-refractivity contribution in [2.45, 2.75) is 318 Å². The van der Waals surface area contributed by atoms with Crippen LogP contribution in [0.15, 0.2) is 30.3 Å². The van der Waals surface area contributed by atoms with Crippen molar-refractivity contribution >= 4 is 70.9 Å². The second kappa shape index (κ2) is 47.9. The number of amides is 12. The topological polar surface area (TPSA) is 564 Å². The molecule has 0 aliphatic carbocycles. The minimum Gasteiger partial charge on any atom is -0.388 e. The lowest BCUT2D eigenvalue weighted by Gasteiger charge is -2.39. The first kappa shape index (κ1) is 95.0. The second-order valence-corrected chi connectivity index (χ2v) is 31.4. The van der Waals surface area contributed by atoms with Crippen molar-refractivity contribution in [3.8, 4) is 0 Å². The summed E-state index contributed by atoms with van der Waals surface area (Å²) < 4.78 is 11.3. The maximum absolute atomic E-state index is 15.2. The molecule has 21 atom stereocenters. The number of carbonyl (C=O) groups is 12. The first-order valence-electron chi connectivity index (χ1n) is 40.3. The Kier molecular flexibility index (Phi) is 40.7. The van der Waals surface area contributed by atoms with Crippen LogP contribution in [0.25, 0.3) is 0 Å². The van der Waals surface area contributed by atoms with E-state index in [9.17, 15) is 78.6 Å². The number of carbonyl (C=O) groups excluding carboxylic acids is 12. The van der Waals surface area contributed by atoms with Gasteiger partial charge in [0.25, 0.3) is 0 Å². The summed E-state index contributed by atoms with van der Waals surface area (Å²) in [5.41, 5.74) is 23.8. The average molecular weight is 1590 g/mol. The molecular weight excluding hydrogens is 1450 g/mol. The number of benzene rings is 1. The molecule has 0 spiro atoms. The van der Waals surface area contributed by atoms with Crippen LogP contribution in [0.2, 0.25) is 0 Å². The molecule has 112 heavy (non-hydrogen) atoms. The lowest BCUT2D eigenvalue weighted by Crippen LogP contribution is -2.60. The molecule has 1 aromatic carbocycles. The Morgan fingerprint density at radius 1 is 0.464 bits per heavy atom. The number of primary amides is 1. The molecule has 23 N–H and O–H groups in total. The van der Waals surface area contributed by atoms with Gasteiger partial charge in [0.2, 0.25) is 70.9 Å². The summed E-state index contributed by atoms with van der Waals surface area (Å²) in [6.45, 7) is 14.9. The van der Waals surface area contributed by atoms with Gasteiger partial charge in [0.05, 0.1) is 37.3 Å². The quantitative estimate of drug-likeness (QED) is 0.0288. The predicted octanol–water partition coefficient (Wildman–Crippen LogP) is -3.09. The fraction of sp³-hybridized carbons (Fsp3) is 0.766. The summed E-state index contributed by atoms with van der Waals surface area (Å²) in [7, 11) is 0. The number of rotatable bonds is 47. The predicted molar refractivity (Wildman–Crippen MR) is 412 cm³/mol. The normalized spacial score (nSPS) is 24.9. The van der Waals surface area contributed by atoms with E-state index in [2.05, 4.69) is 47.9 Å². The number of aliphatic hydroxyl groups is 6. The molecule has 0 aromatic heterocycles. The Labute approximate surface area is 657 Å². The van der Waals surface area contributed by atoms with Gasteiger partial charge in [-0.05, 0) is 172 Å². The highest BCUT2D eigenvalue weighted by molar-refractivity contribution is 5.99. The maximum Gasteiger partial charge on any atom is 0.245 e. The zero-order valence-electron chi connectivity index (χ0n) is 66.6. The maximum atomic E-state index is 15.2. The lowest BCUT2D eigenvalue weighted by atomic mass is 9.93. The van der Waals surface area contributed by atoms with E-state index in [1.807, 2.05) is 20.8 Å². The van der Waals surface area contributed by atoms with E-state index in [1.165, 1.54) is 23.6 Å². The number of unbranched alkanes of at least 4 members (excludes halogenated alkanes) is 4. The minimum atomic E-state index is -1.62. The highest BCUT2D eigenvalue weighted by Crippen LogP contribution is 2.28. The molecule has 634 valence electrons. The number of likely N-dealkylation sites (tertiary alicyclic amines) is 2. The Bertz CT molecular complexity index is 3200. The van der Waals surface area contributed by atoms with Gasteiger partial charge in [-0.1, -0.05) is 78.3 Å². The Morgan fingerprint density at radius 3 is 1.26 bits per heavy atom. The van der Waals surface area contributed by atoms with Crippen LogP contribution in [0.5, 0.6) is 0 Å². The lowest BCUT2D eigenvalue weighted by molar-refractivity contribution is -0.218. The van der Waals surface area contributed by atoms with Gasteiger partial charge in [0.15, 0.2) is 0 Å². The fourth-order valence-electron chi connectivity index (χ4n) is 14.6. The van der Waals surface area contributed by atoms with Gasteiger partial charge < -0.3 is 121 Å². The molecule has 4 heterocycles. The molecule has 0 unspecified atom stereocenters. The monoisotopic (exact) mass is 1590 g/mol. The molecule has 35 nitrogen and oxygen atoms in total. The minimum absolute atomic E-state index is 0.0157. The fourth-order valence-corrected chi connectivity index (χ4v) is 14.6. The van der Waals surface area contributed by atoms with Crippen LogP contribution in [0.4, 0.5) is 0 Å². The van der Waals surface area contributed by atoms with Gasteiger partial charge in [-0.25, -0.2) is 0 Å². The summed E-state index contributed by atoms with van der Waals surface area (Å²) >= 11 is 0. The smallest absolute Gasteiger partial charge is 0.245 e. The van der Waals surface area contributed by atoms with Crippen molar-refractivity contribution in [3.63, 3.8) is 0 Å². The van der Waals surface area contributed by atoms with Crippen LogP contribution in [0, 0.1) is 17.8 Å². The van der Waals surface area contributed by atoms with Crippen molar-refractivity contribution in [2.75, 3.05) is 39.3 Å². The number of aliphatic hydroxyl groups excluding tert-OH is 6. The van der Waals surface area contributed by atoms with Gasteiger partial charge in [-0.15, -0.1) is 0 Å². The molecule has 4 fully saturated rings. The van der Waals surface area contributed by atoms with Gasteiger partial charge in [0.1, 0.15) is 97.0 Å². The van der Waals surface area contributed by atoms with E-state index < -0.39 is 205 Å². The SMILES string of the molecule is CC[C@H](C)[C@H](NC(=O)[C@H](CCCCN)NC(=O)[C@H](Cc1ccccc1)NC(=O)[C@H](CCCCNC(=O)[C@H](CC(C)C)NC(=O)[C@@H]1CCCN1C(=O)[C@H](CCCCN)NC(=O)C[C@@H]1O[C@@H](C)[C@@H](O)[C@@H](O)[C@@H]1O)NC(=O)[C@H](CC(C)C)NC(=O)[C@@H]1CCCN1C(=O)[C@H](CCCCN)NC(=O)C[C@@H]1O[C@@H](C)[C@@H](O)[C@@H](O)[C@@H]1O)C(N)=O. The summed E-state index contributed by atoms with van der Waals surface area (Å²) in [5.74, 6) is -9.12. The van der Waals surface area contributed by atoms with Gasteiger partial charge in [-0.2, -0.15) is 0 Å². The first-order chi connectivity index (χ1) is 53.2. The van der Waals surface area contributed by atoms with E-state index in [4.69, 9.17) is 32.4 Å². The first-order valence-corrected chi connectivity index (χ1v) is 40.3. The number of hydrogen-bond donors (Lipinski definition) is 19. The van der Waals surface area contributed by atoms with Crippen LogP contribution in [-0.2, 0) is 73.4 Å². The van der Waals surface area contributed by atoms with Crippen LogP contribution in [0.1, 0.15) is 196 Å². The number of ether oxygens (including phenoxy) is 2. The third kappa shape index (κ3) is 29.4. The molecule has 12 amide bonds. The zero-order chi connectivity index (χ0) is 83.1. The molecule has 0 bridgehead atoms. The summed E-state index contributed by atoms with van der Waals surface area (Å²) in [6, 6.07) is -3.41. The molecule has 0 radical (unpaired) electrons. The zero-order valence-corrected chi connectivity index (χ0v) is 66.6. The van der Waals surface area contributed by atoms with Crippen molar-refractivity contribution in [1.82, 2.24) is 57.7 Å². The molecule has 4 aliphatic rings. The molecule has 35 heteroatoms. The van der Waals surface area contributed by atoms with Crippen LogP contribution in [0.3, 0.4) is 0 Å². The average Bonchev–Trinajstić information content (AvgIpc) is 1.80. The number of nitrogens with one attached hydrogen (secondary N) is 9.